The lowest BCUT2D eigenvalue weighted by atomic mass is 9.88. The van der Waals surface area contributed by atoms with Crippen molar-refractivity contribution < 1.29 is 18.3 Å². The first-order valence-electron chi connectivity index (χ1n) is 6.72. The van der Waals surface area contributed by atoms with E-state index in [1.807, 2.05) is 0 Å². The van der Waals surface area contributed by atoms with Crippen LogP contribution in [0.1, 0.15) is 37.3 Å². The largest absolute Gasteiger partial charge is 0.416 e. The van der Waals surface area contributed by atoms with Crippen molar-refractivity contribution >= 4 is 0 Å². The maximum Gasteiger partial charge on any atom is 0.416 e. The van der Waals surface area contributed by atoms with Gasteiger partial charge in [0.05, 0.1) is 11.7 Å². The van der Waals surface area contributed by atoms with Crippen molar-refractivity contribution in [3.05, 3.63) is 35.4 Å². The second-order valence-electron chi connectivity index (χ2n) is 5.54. The Labute approximate surface area is 111 Å². The fourth-order valence-corrected chi connectivity index (χ4v) is 3.01. The van der Waals surface area contributed by atoms with E-state index in [1.165, 1.54) is 6.07 Å². The molecule has 3 unspecified atom stereocenters. The molecule has 19 heavy (non-hydrogen) atoms. The Morgan fingerprint density at radius 2 is 2.05 bits per heavy atom. The van der Waals surface area contributed by atoms with E-state index in [-0.39, 0.29) is 5.92 Å². The number of benzene rings is 1. The molecule has 106 valence electrons. The molecule has 1 aromatic carbocycles. The molecule has 1 N–H and O–H groups in total. The van der Waals surface area contributed by atoms with E-state index < -0.39 is 17.8 Å². The summed E-state index contributed by atoms with van der Waals surface area (Å²) in [7, 11) is 0. The monoisotopic (exact) mass is 272 g/mol. The van der Waals surface area contributed by atoms with Crippen LogP contribution in [0.4, 0.5) is 13.2 Å². The summed E-state index contributed by atoms with van der Waals surface area (Å²) in [4.78, 5) is 0. The van der Waals surface area contributed by atoms with Gasteiger partial charge in [0.2, 0.25) is 0 Å². The molecule has 1 nitrogen and oxygen atoms in total. The molecule has 1 saturated carbocycles. The highest BCUT2D eigenvalue weighted by Crippen LogP contribution is 2.35. The van der Waals surface area contributed by atoms with Crippen molar-refractivity contribution in [1.82, 2.24) is 0 Å². The number of hydrogen-bond acceptors (Lipinski definition) is 1. The predicted octanol–water partition coefficient (Wildman–Crippen LogP) is 4.05. The van der Waals surface area contributed by atoms with Crippen LogP contribution in [0.3, 0.4) is 0 Å². The maximum atomic E-state index is 12.6. The molecule has 3 atom stereocenters. The number of aliphatic hydroxyl groups is 1. The summed E-state index contributed by atoms with van der Waals surface area (Å²) in [5.74, 6) is 0.676. The van der Waals surface area contributed by atoms with Crippen LogP contribution in [0, 0.1) is 11.8 Å². The normalized spacial score (nSPS) is 25.5. The quantitative estimate of drug-likeness (QED) is 0.880. The highest BCUT2D eigenvalue weighted by molar-refractivity contribution is 5.26. The molecule has 0 amide bonds. The van der Waals surface area contributed by atoms with Gasteiger partial charge in [0.15, 0.2) is 0 Å². The van der Waals surface area contributed by atoms with Crippen LogP contribution < -0.4 is 0 Å². The van der Waals surface area contributed by atoms with Crippen molar-refractivity contribution in [2.24, 2.45) is 11.8 Å². The van der Waals surface area contributed by atoms with Gasteiger partial charge >= 0.3 is 6.18 Å². The maximum absolute atomic E-state index is 12.6. The first-order valence-corrected chi connectivity index (χ1v) is 6.72. The van der Waals surface area contributed by atoms with Crippen molar-refractivity contribution in [2.75, 3.05) is 0 Å². The van der Waals surface area contributed by atoms with E-state index in [0.717, 1.165) is 31.4 Å². The van der Waals surface area contributed by atoms with Gasteiger partial charge in [-0.1, -0.05) is 38.0 Å². The van der Waals surface area contributed by atoms with Crippen molar-refractivity contribution in [2.45, 2.75) is 44.9 Å². The number of rotatable bonds is 3. The summed E-state index contributed by atoms with van der Waals surface area (Å²) in [5.41, 5.74) is -0.0851. The van der Waals surface area contributed by atoms with Gasteiger partial charge in [0.25, 0.3) is 0 Å². The summed E-state index contributed by atoms with van der Waals surface area (Å²) < 4.78 is 37.8. The van der Waals surface area contributed by atoms with Crippen LogP contribution in [0.25, 0.3) is 0 Å². The van der Waals surface area contributed by atoms with Crippen LogP contribution in [0.2, 0.25) is 0 Å². The van der Waals surface area contributed by atoms with Crippen LogP contribution >= 0.6 is 0 Å². The van der Waals surface area contributed by atoms with Crippen LogP contribution in [0.5, 0.6) is 0 Å². The standard InChI is InChI=1S/C15H19F3O/c1-10-4-2-7-13(10)14(19)9-11-5-3-6-12(8-11)15(16,17)18/h3,5-6,8,10,13-14,19H,2,4,7,9H2,1H3. The third-order valence-electron chi connectivity index (χ3n) is 4.12. The number of hydrogen-bond donors (Lipinski definition) is 1. The van der Waals surface area contributed by atoms with Gasteiger partial charge in [-0.25, -0.2) is 0 Å². The first kappa shape index (κ1) is 14.4. The predicted molar refractivity (Wildman–Crippen MR) is 67.7 cm³/mol. The van der Waals surface area contributed by atoms with Crippen LogP contribution in [-0.4, -0.2) is 11.2 Å². The summed E-state index contributed by atoms with van der Waals surface area (Å²) in [6, 6.07) is 5.26. The number of alkyl halides is 3. The molecule has 1 aromatic rings. The molecule has 0 spiro atoms. The van der Waals surface area contributed by atoms with Crippen molar-refractivity contribution in [3.8, 4) is 0 Å². The van der Waals surface area contributed by atoms with Gasteiger partial charge in [-0.2, -0.15) is 13.2 Å². The van der Waals surface area contributed by atoms with Gasteiger partial charge in [0, 0.05) is 0 Å². The zero-order valence-electron chi connectivity index (χ0n) is 11.0. The van der Waals surface area contributed by atoms with E-state index >= 15 is 0 Å². The molecule has 0 saturated heterocycles. The Morgan fingerprint density at radius 1 is 1.32 bits per heavy atom. The number of aliphatic hydroxyl groups excluding tert-OH is 1. The molecule has 0 heterocycles. The summed E-state index contributed by atoms with van der Waals surface area (Å²) in [6.07, 6.45) is -1.38. The zero-order chi connectivity index (χ0) is 14.0. The average Bonchev–Trinajstić information content (AvgIpc) is 2.75. The fourth-order valence-electron chi connectivity index (χ4n) is 3.01. The Bertz CT molecular complexity index is 428. The van der Waals surface area contributed by atoms with Crippen molar-refractivity contribution in [1.29, 1.82) is 0 Å². The molecule has 2 rings (SSSR count). The molecule has 4 heteroatoms. The summed E-state index contributed by atoms with van der Waals surface area (Å²) >= 11 is 0. The SMILES string of the molecule is CC1CCCC1C(O)Cc1cccc(C(F)(F)F)c1. The smallest absolute Gasteiger partial charge is 0.392 e. The topological polar surface area (TPSA) is 20.2 Å². The van der Waals surface area contributed by atoms with Gasteiger partial charge in [-0.05, 0) is 36.3 Å². The van der Waals surface area contributed by atoms with E-state index in [0.29, 0.717) is 17.9 Å². The van der Waals surface area contributed by atoms with Gasteiger partial charge in [-0.3, -0.25) is 0 Å². The highest BCUT2D eigenvalue weighted by Gasteiger charge is 2.32. The van der Waals surface area contributed by atoms with E-state index in [2.05, 4.69) is 6.92 Å². The Hall–Kier alpha value is -1.03. The zero-order valence-corrected chi connectivity index (χ0v) is 11.0. The van der Waals surface area contributed by atoms with Gasteiger partial charge < -0.3 is 5.11 Å². The molecule has 0 bridgehead atoms. The molecule has 0 aromatic heterocycles. The molecular weight excluding hydrogens is 253 g/mol. The fraction of sp³-hybridized carbons (Fsp3) is 0.600. The van der Waals surface area contributed by atoms with E-state index in [1.54, 1.807) is 6.07 Å². The summed E-state index contributed by atoms with van der Waals surface area (Å²) in [5, 5.41) is 10.2. The molecule has 1 aliphatic carbocycles. The number of halogens is 3. The van der Waals surface area contributed by atoms with Gasteiger partial charge in [-0.15, -0.1) is 0 Å². The van der Waals surface area contributed by atoms with Crippen molar-refractivity contribution in [3.63, 3.8) is 0 Å². The van der Waals surface area contributed by atoms with Crippen LogP contribution in [0.15, 0.2) is 24.3 Å². The lowest BCUT2D eigenvalue weighted by Gasteiger charge is -2.22. The second-order valence-corrected chi connectivity index (χ2v) is 5.54. The minimum atomic E-state index is -4.32. The minimum Gasteiger partial charge on any atom is -0.392 e. The van der Waals surface area contributed by atoms with Crippen LogP contribution in [-0.2, 0) is 12.6 Å². The Morgan fingerprint density at radius 3 is 2.63 bits per heavy atom. The lowest BCUT2D eigenvalue weighted by Crippen LogP contribution is -2.25. The minimum absolute atomic E-state index is 0.217. The Kier molecular flexibility index (Phi) is 4.19. The molecule has 1 aliphatic rings. The first-order chi connectivity index (χ1) is 8.88. The molecule has 1 fully saturated rings. The Balaban J connectivity index is 2.06. The van der Waals surface area contributed by atoms with Gasteiger partial charge in [0.1, 0.15) is 0 Å². The van der Waals surface area contributed by atoms with E-state index in [9.17, 15) is 18.3 Å². The van der Waals surface area contributed by atoms with E-state index in [4.69, 9.17) is 0 Å². The lowest BCUT2D eigenvalue weighted by molar-refractivity contribution is -0.137. The summed E-state index contributed by atoms with van der Waals surface area (Å²) in [6.45, 7) is 2.10. The molecule has 0 radical (unpaired) electrons. The molecule has 0 aliphatic heterocycles. The second kappa shape index (κ2) is 5.53. The molecular formula is C15H19F3O. The average molecular weight is 272 g/mol. The third kappa shape index (κ3) is 3.50. The third-order valence-corrected chi connectivity index (χ3v) is 4.12. The highest BCUT2D eigenvalue weighted by atomic mass is 19.4.